The van der Waals surface area contributed by atoms with E-state index in [2.05, 4.69) is 120 Å². The van der Waals surface area contributed by atoms with Crippen LogP contribution in [0.4, 0.5) is 5.69 Å². The van der Waals surface area contributed by atoms with Crippen LogP contribution in [-0.4, -0.2) is 70.8 Å². The number of phenols is 1. The van der Waals surface area contributed by atoms with Gasteiger partial charge in [-0.25, -0.2) is 0 Å². The molecule has 5 aromatic rings. The molecule has 3 heterocycles. The van der Waals surface area contributed by atoms with E-state index in [4.69, 9.17) is 4.74 Å². The average molecular weight is 997 g/mol. The van der Waals surface area contributed by atoms with Gasteiger partial charge in [0.25, 0.3) is 0 Å². The Morgan fingerprint density at radius 2 is 1.68 bits per heavy atom. The van der Waals surface area contributed by atoms with Crippen LogP contribution >= 0.6 is 0 Å². The van der Waals surface area contributed by atoms with E-state index in [1.54, 1.807) is 6.07 Å². The summed E-state index contributed by atoms with van der Waals surface area (Å²) >= 11 is 0. The van der Waals surface area contributed by atoms with Crippen LogP contribution in [0.25, 0.3) is 10.8 Å². The number of aliphatic hydroxyl groups excluding tert-OH is 2. The lowest BCUT2D eigenvalue weighted by molar-refractivity contribution is -0.130. The molecule has 2 fully saturated rings. The minimum absolute atomic E-state index is 0.00363. The largest absolute Gasteiger partial charge is 0.504 e. The first kappa shape index (κ1) is 51.4. The number of carbonyl (C=O) groups is 2. The molecule has 9 bridgehead atoms. The maximum Gasteiger partial charge on any atom is 0.160 e. The second-order valence-corrected chi connectivity index (χ2v) is 22.5. The normalized spacial score (nSPS) is 27.8. The van der Waals surface area contributed by atoms with Gasteiger partial charge in [-0.15, -0.1) is 0 Å². The lowest BCUT2D eigenvalue weighted by Crippen LogP contribution is -2.37. The van der Waals surface area contributed by atoms with Gasteiger partial charge in [-0.2, -0.15) is 0 Å². The second kappa shape index (κ2) is 22.8. The zero-order valence-corrected chi connectivity index (χ0v) is 43.6. The molecule has 10 rings (SSSR count). The second-order valence-electron chi connectivity index (χ2n) is 22.5. The van der Waals surface area contributed by atoms with Crippen LogP contribution in [0.3, 0.4) is 0 Å². The molecule has 74 heavy (non-hydrogen) atoms. The fourth-order valence-electron chi connectivity index (χ4n) is 13.8. The third-order valence-corrected chi connectivity index (χ3v) is 17.7. The van der Waals surface area contributed by atoms with Crippen LogP contribution in [0.5, 0.6) is 11.5 Å². The number of nitrogens with one attached hydrogen (secondary N) is 4. The Bertz CT molecular complexity index is 2940. The number of aliphatic hydroxyl groups is 2. The number of anilines is 1. The maximum atomic E-state index is 15.2. The summed E-state index contributed by atoms with van der Waals surface area (Å²) < 4.78 is 5.58. The quantitative estimate of drug-likeness (QED) is 0.0688. The van der Waals surface area contributed by atoms with Crippen molar-refractivity contribution in [3.8, 4) is 23.3 Å². The maximum absolute atomic E-state index is 15.2. The Morgan fingerprint density at radius 3 is 2.49 bits per heavy atom. The molecular weight excluding hydrogens is 921 g/mol. The monoisotopic (exact) mass is 997 g/mol. The summed E-state index contributed by atoms with van der Waals surface area (Å²) in [7, 11) is 1.53. The van der Waals surface area contributed by atoms with Gasteiger partial charge in [-0.1, -0.05) is 106 Å². The van der Waals surface area contributed by atoms with Crippen LogP contribution in [0.15, 0.2) is 115 Å². The molecule has 2 aliphatic heterocycles. The number of hydrogen-bond donors (Lipinski definition) is 7. The number of H-pyrrole nitrogens is 1. The first-order chi connectivity index (χ1) is 36.0. The Hall–Kier alpha value is -6.12. The minimum atomic E-state index is -0.664. The summed E-state index contributed by atoms with van der Waals surface area (Å²) in [6, 6.07) is 28.9. The number of rotatable bonds is 4. The molecule has 10 heteroatoms. The fourth-order valence-corrected chi connectivity index (χ4v) is 13.8. The predicted molar refractivity (Wildman–Crippen MR) is 294 cm³/mol. The molecule has 388 valence electrons. The summed E-state index contributed by atoms with van der Waals surface area (Å²) in [6.07, 6.45) is 15.0. The van der Waals surface area contributed by atoms with Gasteiger partial charge in [0.2, 0.25) is 0 Å². The van der Waals surface area contributed by atoms with Gasteiger partial charge in [0.15, 0.2) is 11.5 Å². The van der Waals surface area contributed by atoms with Crippen molar-refractivity contribution in [3.05, 3.63) is 148 Å². The summed E-state index contributed by atoms with van der Waals surface area (Å²) in [5, 5.41) is 48.3. The zero-order valence-electron chi connectivity index (χ0n) is 43.6. The van der Waals surface area contributed by atoms with Crippen LogP contribution in [0.1, 0.15) is 130 Å². The van der Waals surface area contributed by atoms with E-state index < -0.39 is 24.0 Å². The highest BCUT2D eigenvalue weighted by Crippen LogP contribution is 2.58. The number of hydrogen-bond acceptors (Lipinski definition) is 9. The number of β-amino-alcohol motifs (C(OH)–C–C–N with tert-alkyl or cyclic N) is 1. The number of aromatic amines is 1. The van der Waals surface area contributed by atoms with E-state index in [9.17, 15) is 20.1 Å². The number of aryl methyl sites for hydroxylation is 1. The van der Waals surface area contributed by atoms with Crippen molar-refractivity contribution in [2.45, 2.75) is 128 Å². The molecule has 7 N–H and O–H groups in total. The number of phenolic OH excluding ortho intramolecular Hbond substituents is 1. The Labute approximate surface area is 437 Å². The molecule has 9 atom stereocenters. The SMILES string of the molecule is CCC[C@H]1[C@H]2C[C@H](C[C@H]3C#C[C@@H](c4ccccc4)c4cc(O)c(OC)cc4CCC(=O)CC(=O)[C@H]3C2)C2(CCCC2)C2=CCNC(=C2)Nc2ccc3ccc(cc3c2)C[C@@H](O)CNC[C@H](C)c2c[nH]c(c2)C[C@@H]1O. The van der Waals surface area contributed by atoms with Crippen molar-refractivity contribution in [1.82, 2.24) is 15.6 Å². The van der Waals surface area contributed by atoms with Crippen molar-refractivity contribution in [1.29, 1.82) is 0 Å². The standard InChI is InChI=1S/C64H76N4O6/c1-4-10-56-47-28-50(27-44-17-20-55(43-11-6-5-7-12-43)57-36-61(73)62(74-3)32-45(57)16-19-53(69)35-60(72)58(44)31-47)64(22-8-9-23-64)49-21-24-66-63(33-49)68-51-18-15-42-14-13-41(25-46(42)29-51)26-54(70)39-65-37-40(2)48-30-52(67-38-48)34-59(56)71/h5-7,11-15,18,21,25,29-30,32-33,36,38,40,44,47,50,54-56,58-59,65-68,70-71,73H,4,8-10,16,19,22-24,26-28,31,34-35,37,39H2,1-3H3/t40-,44+,47-,50-,54+,55-,56-,58-,59-/m0/s1. The first-order valence-corrected chi connectivity index (χ1v) is 27.7. The lowest BCUT2D eigenvalue weighted by Gasteiger charge is -2.43. The molecule has 2 saturated carbocycles. The van der Waals surface area contributed by atoms with Crippen LogP contribution in [0, 0.1) is 46.8 Å². The number of fused-ring (bicyclic) bond motifs is 11. The number of benzene rings is 4. The zero-order chi connectivity index (χ0) is 51.3. The Balaban J connectivity index is 1.10. The van der Waals surface area contributed by atoms with E-state index >= 15 is 4.79 Å². The molecule has 10 nitrogen and oxygen atoms in total. The third kappa shape index (κ3) is 11.3. The topological polar surface area (TPSA) is 156 Å². The fraction of sp³-hybridized carbons (Fsp3) is 0.469. The highest BCUT2D eigenvalue weighted by atomic mass is 16.5. The number of ketones is 2. The van der Waals surface area contributed by atoms with Gasteiger partial charge < -0.3 is 41.0 Å². The highest BCUT2D eigenvalue weighted by Gasteiger charge is 2.50. The number of allylic oxidation sites excluding steroid dienone is 2. The van der Waals surface area contributed by atoms with Gasteiger partial charge in [0.05, 0.1) is 31.7 Å². The van der Waals surface area contributed by atoms with Crippen molar-refractivity contribution in [2.75, 3.05) is 32.1 Å². The molecule has 1 spiro atoms. The van der Waals surface area contributed by atoms with Gasteiger partial charge >= 0.3 is 0 Å². The average Bonchev–Trinajstić information content (AvgIpc) is 4.05. The van der Waals surface area contributed by atoms with Crippen molar-refractivity contribution < 1.29 is 29.6 Å². The molecule has 3 aliphatic carbocycles. The molecule has 0 saturated heterocycles. The summed E-state index contributed by atoms with van der Waals surface area (Å²) in [4.78, 5) is 32.9. The van der Waals surface area contributed by atoms with E-state index in [1.807, 2.05) is 24.3 Å². The van der Waals surface area contributed by atoms with Gasteiger partial charge in [-0.05, 0) is 161 Å². The summed E-state index contributed by atoms with van der Waals surface area (Å²) in [6.45, 7) is 6.24. The molecule has 0 amide bonds. The molecule has 1 aromatic heterocycles. The molecule has 5 aliphatic rings. The van der Waals surface area contributed by atoms with Crippen LogP contribution in [0.2, 0.25) is 0 Å². The Morgan fingerprint density at radius 1 is 0.851 bits per heavy atom. The third-order valence-electron chi connectivity index (χ3n) is 17.7. The van der Waals surface area contributed by atoms with Crippen LogP contribution in [-0.2, 0) is 28.9 Å². The Kier molecular flexibility index (Phi) is 15.8. The predicted octanol–water partition coefficient (Wildman–Crippen LogP) is 10.8. The summed E-state index contributed by atoms with van der Waals surface area (Å²) in [5.74, 6) is 7.76. The number of carbonyl (C=O) groups excluding carboxylic acids is 2. The number of methoxy groups -OCH3 is 1. The van der Waals surface area contributed by atoms with E-state index in [0.717, 1.165) is 101 Å². The lowest BCUT2D eigenvalue weighted by atomic mass is 9.62. The van der Waals surface area contributed by atoms with Crippen molar-refractivity contribution >= 4 is 28.0 Å². The number of ether oxygens (including phenoxy) is 1. The number of Topliss-reactive ketones (excluding diaryl/α,β-unsaturated/α-hetero) is 2. The van der Waals surface area contributed by atoms with E-state index in [0.29, 0.717) is 57.5 Å². The van der Waals surface area contributed by atoms with Gasteiger partial charge in [0.1, 0.15) is 17.4 Å². The smallest absolute Gasteiger partial charge is 0.160 e. The van der Waals surface area contributed by atoms with E-state index in [1.165, 1.54) is 12.7 Å². The molecule has 4 aromatic carbocycles. The summed E-state index contributed by atoms with van der Waals surface area (Å²) in [5.41, 5.74) is 8.03. The first-order valence-electron chi connectivity index (χ1n) is 27.7. The molecule has 0 radical (unpaired) electrons. The van der Waals surface area contributed by atoms with Crippen molar-refractivity contribution in [2.24, 2.45) is 35.0 Å². The van der Waals surface area contributed by atoms with E-state index in [-0.39, 0.29) is 65.2 Å². The molecule has 0 unspecified atom stereocenters. The minimum Gasteiger partial charge on any atom is -0.504 e. The number of aromatic nitrogens is 1. The van der Waals surface area contributed by atoms with Crippen LogP contribution < -0.4 is 20.7 Å². The molecular formula is C64H76N4O6. The number of dihydropyridines is 1. The van der Waals surface area contributed by atoms with Gasteiger partial charge in [-0.3, -0.25) is 9.59 Å². The van der Waals surface area contributed by atoms with Gasteiger partial charge in [0, 0.05) is 61.9 Å². The highest BCUT2D eigenvalue weighted by molar-refractivity contribution is 6.00. The van der Waals surface area contributed by atoms with Crippen molar-refractivity contribution in [3.63, 3.8) is 0 Å². The number of aromatic hydroxyl groups is 1.